The first-order valence-electron chi connectivity index (χ1n) is 3.89. The molecule has 0 fully saturated rings. The van der Waals surface area contributed by atoms with Crippen LogP contribution < -0.4 is 0 Å². The van der Waals surface area contributed by atoms with E-state index in [1.165, 1.54) is 0 Å². The summed E-state index contributed by atoms with van der Waals surface area (Å²) >= 11 is 3.22. The van der Waals surface area contributed by atoms with Crippen molar-refractivity contribution in [3.05, 3.63) is 27.7 Å². The Bertz CT molecular complexity index is 313. The van der Waals surface area contributed by atoms with Crippen molar-refractivity contribution in [1.82, 2.24) is 5.06 Å². The van der Waals surface area contributed by atoms with Gasteiger partial charge in [-0.3, -0.25) is 0 Å². The zero-order valence-electron chi connectivity index (χ0n) is 7.58. The fourth-order valence-corrected chi connectivity index (χ4v) is 1.51. The van der Waals surface area contributed by atoms with Gasteiger partial charge in [-0.05, 0) is 34.5 Å². The largest absolute Gasteiger partial charge is 0.506 e. The summed E-state index contributed by atoms with van der Waals surface area (Å²) in [5.41, 5.74) is 1.70. The third-order valence-corrected chi connectivity index (χ3v) is 2.49. The second-order valence-electron chi connectivity index (χ2n) is 3.01. The summed E-state index contributed by atoms with van der Waals surface area (Å²) in [6, 6.07) is 3.67. The van der Waals surface area contributed by atoms with Crippen LogP contribution in [0.1, 0.15) is 11.1 Å². The highest BCUT2D eigenvalue weighted by molar-refractivity contribution is 9.10. The summed E-state index contributed by atoms with van der Waals surface area (Å²) in [6.07, 6.45) is 0. The van der Waals surface area contributed by atoms with Gasteiger partial charge in [0.2, 0.25) is 0 Å². The van der Waals surface area contributed by atoms with Gasteiger partial charge < -0.3 is 10.3 Å². The average Bonchev–Trinajstić information content (AvgIpc) is 2.05. The van der Waals surface area contributed by atoms with Gasteiger partial charge in [-0.15, -0.1) is 0 Å². The first-order chi connectivity index (χ1) is 6.02. The number of hydroxylamine groups is 2. The molecule has 2 N–H and O–H groups in total. The molecule has 1 aromatic rings. The summed E-state index contributed by atoms with van der Waals surface area (Å²) in [6.45, 7) is 2.21. The zero-order chi connectivity index (χ0) is 10.0. The highest BCUT2D eigenvalue weighted by Crippen LogP contribution is 2.30. The maximum atomic E-state index is 9.64. The molecule has 0 saturated heterocycles. The van der Waals surface area contributed by atoms with Crippen molar-refractivity contribution in [2.75, 3.05) is 7.05 Å². The molecule has 0 radical (unpaired) electrons. The lowest BCUT2D eigenvalue weighted by Crippen LogP contribution is -2.12. The van der Waals surface area contributed by atoms with E-state index in [9.17, 15) is 5.11 Å². The van der Waals surface area contributed by atoms with Crippen LogP contribution in [0.2, 0.25) is 0 Å². The number of benzene rings is 1. The standard InChI is InChI=1S/C9H12BrNO2/c1-6-3-4-8(10)9(12)7(6)5-11(2)13/h3-4,12-13H,5H2,1-2H3. The van der Waals surface area contributed by atoms with Crippen molar-refractivity contribution in [2.24, 2.45) is 0 Å². The lowest BCUT2D eigenvalue weighted by molar-refractivity contribution is -0.0737. The molecule has 4 heteroatoms. The third-order valence-electron chi connectivity index (χ3n) is 1.85. The van der Waals surface area contributed by atoms with Gasteiger partial charge in [-0.25, -0.2) is 0 Å². The van der Waals surface area contributed by atoms with E-state index >= 15 is 0 Å². The molecule has 0 atom stereocenters. The number of aryl methyl sites for hydroxylation is 1. The first kappa shape index (κ1) is 10.5. The van der Waals surface area contributed by atoms with Crippen molar-refractivity contribution in [3.8, 4) is 5.75 Å². The molecule has 0 aliphatic carbocycles. The topological polar surface area (TPSA) is 43.7 Å². The Hall–Kier alpha value is -0.580. The van der Waals surface area contributed by atoms with Crippen molar-refractivity contribution < 1.29 is 10.3 Å². The minimum Gasteiger partial charge on any atom is -0.506 e. The quantitative estimate of drug-likeness (QED) is 0.787. The van der Waals surface area contributed by atoms with Crippen LogP contribution in [-0.2, 0) is 6.54 Å². The van der Waals surface area contributed by atoms with Gasteiger partial charge in [0.25, 0.3) is 0 Å². The third kappa shape index (κ3) is 2.43. The Morgan fingerprint density at radius 2 is 2.08 bits per heavy atom. The summed E-state index contributed by atoms with van der Waals surface area (Å²) in [5.74, 6) is 0.195. The minimum atomic E-state index is 0.195. The van der Waals surface area contributed by atoms with Crippen LogP contribution in [0.3, 0.4) is 0 Å². The molecular weight excluding hydrogens is 234 g/mol. The predicted octanol–water partition coefficient (Wildman–Crippen LogP) is 2.28. The van der Waals surface area contributed by atoms with Gasteiger partial charge in [-0.2, -0.15) is 5.06 Å². The Morgan fingerprint density at radius 3 is 2.62 bits per heavy atom. The molecule has 0 aromatic heterocycles. The SMILES string of the molecule is Cc1ccc(Br)c(O)c1CN(C)O. The van der Waals surface area contributed by atoms with Crippen LogP contribution >= 0.6 is 15.9 Å². The Morgan fingerprint density at radius 1 is 1.46 bits per heavy atom. The second kappa shape index (κ2) is 4.09. The lowest BCUT2D eigenvalue weighted by Gasteiger charge is -2.13. The number of phenols is 1. The van der Waals surface area contributed by atoms with E-state index in [1.54, 1.807) is 13.1 Å². The molecule has 72 valence electrons. The molecule has 0 unspecified atom stereocenters. The van der Waals surface area contributed by atoms with Crippen LogP contribution in [0.5, 0.6) is 5.75 Å². The van der Waals surface area contributed by atoms with Gasteiger partial charge in [0.05, 0.1) is 11.0 Å². The van der Waals surface area contributed by atoms with Gasteiger partial charge in [0.1, 0.15) is 5.75 Å². The highest BCUT2D eigenvalue weighted by Gasteiger charge is 2.09. The van der Waals surface area contributed by atoms with Crippen molar-refractivity contribution >= 4 is 15.9 Å². The van der Waals surface area contributed by atoms with Crippen molar-refractivity contribution in [1.29, 1.82) is 0 Å². The maximum absolute atomic E-state index is 9.64. The summed E-state index contributed by atoms with van der Waals surface area (Å²) in [7, 11) is 1.54. The number of hydrogen-bond acceptors (Lipinski definition) is 3. The minimum absolute atomic E-state index is 0.195. The smallest absolute Gasteiger partial charge is 0.134 e. The predicted molar refractivity (Wildman–Crippen MR) is 53.8 cm³/mol. The fourth-order valence-electron chi connectivity index (χ4n) is 1.14. The average molecular weight is 246 g/mol. The molecule has 1 aromatic carbocycles. The molecule has 0 spiro atoms. The van der Waals surface area contributed by atoms with E-state index in [4.69, 9.17) is 5.21 Å². The lowest BCUT2D eigenvalue weighted by atomic mass is 10.1. The second-order valence-corrected chi connectivity index (χ2v) is 3.86. The van der Waals surface area contributed by atoms with E-state index in [0.717, 1.165) is 16.2 Å². The Labute approximate surface area is 85.7 Å². The fraction of sp³-hybridized carbons (Fsp3) is 0.333. The maximum Gasteiger partial charge on any atom is 0.134 e. The molecule has 0 aliphatic heterocycles. The Balaban J connectivity index is 3.10. The van der Waals surface area contributed by atoms with Crippen molar-refractivity contribution in [3.63, 3.8) is 0 Å². The monoisotopic (exact) mass is 245 g/mol. The molecular formula is C9H12BrNO2. The number of aromatic hydroxyl groups is 1. The molecule has 0 bridgehead atoms. The van der Waals surface area contributed by atoms with Crippen LogP contribution in [0.15, 0.2) is 16.6 Å². The van der Waals surface area contributed by atoms with E-state index < -0.39 is 0 Å². The summed E-state index contributed by atoms with van der Waals surface area (Å²) < 4.78 is 0.648. The van der Waals surface area contributed by atoms with E-state index in [0.29, 0.717) is 11.0 Å². The molecule has 0 amide bonds. The molecule has 1 rings (SSSR count). The van der Waals surface area contributed by atoms with E-state index in [-0.39, 0.29) is 5.75 Å². The normalized spacial score (nSPS) is 10.8. The molecule has 3 nitrogen and oxygen atoms in total. The van der Waals surface area contributed by atoms with Crippen molar-refractivity contribution in [2.45, 2.75) is 13.5 Å². The van der Waals surface area contributed by atoms with E-state index in [1.807, 2.05) is 13.0 Å². The molecule has 0 aliphatic rings. The van der Waals surface area contributed by atoms with Crippen LogP contribution in [0.25, 0.3) is 0 Å². The Kier molecular flexibility index (Phi) is 3.30. The first-order valence-corrected chi connectivity index (χ1v) is 4.68. The van der Waals surface area contributed by atoms with Crippen LogP contribution in [0.4, 0.5) is 0 Å². The van der Waals surface area contributed by atoms with Crippen LogP contribution in [-0.4, -0.2) is 22.4 Å². The summed E-state index contributed by atoms with van der Waals surface area (Å²) in [5, 5.41) is 19.7. The molecule has 0 saturated carbocycles. The van der Waals surface area contributed by atoms with Gasteiger partial charge >= 0.3 is 0 Å². The van der Waals surface area contributed by atoms with Crippen LogP contribution in [0, 0.1) is 6.92 Å². The highest BCUT2D eigenvalue weighted by atomic mass is 79.9. The molecule has 0 heterocycles. The number of halogens is 1. The summed E-state index contributed by atoms with van der Waals surface area (Å²) in [4.78, 5) is 0. The molecule has 13 heavy (non-hydrogen) atoms. The zero-order valence-corrected chi connectivity index (χ0v) is 9.17. The number of phenolic OH excluding ortho intramolecular Hbond substituents is 1. The van der Waals surface area contributed by atoms with Gasteiger partial charge in [-0.1, -0.05) is 6.07 Å². The van der Waals surface area contributed by atoms with Gasteiger partial charge in [0.15, 0.2) is 0 Å². The number of rotatable bonds is 2. The van der Waals surface area contributed by atoms with E-state index in [2.05, 4.69) is 15.9 Å². The van der Waals surface area contributed by atoms with Gasteiger partial charge in [0, 0.05) is 12.6 Å². The number of nitrogens with zero attached hydrogens (tertiary/aromatic N) is 1. The number of hydrogen-bond donors (Lipinski definition) is 2.